The number of aromatic nitrogens is 1. The summed E-state index contributed by atoms with van der Waals surface area (Å²) in [6.07, 6.45) is 6.68. The van der Waals surface area contributed by atoms with Crippen molar-refractivity contribution in [1.82, 2.24) is 4.98 Å². The van der Waals surface area contributed by atoms with E-state index in [0.29, 0.717) is 6.54 Å². The van der Waals surface area contributed by atoms with Crippen LogP contribution < -0.4 is 11.1 Å². The number of fused-ring (bicyclic) bond motifs is 1. The highest BCUT2D eigenvalue weighted by molar-refractivity contribution is 5.91. The maximum Gasteiger partial charge on any atom is 0.134 e. The van der Waals surface area contributed by atoms with Gasteiger partial charge in [-0.15, -0.1) is 0 Å². The van der Waals surface area contributed by atoms with E-state index in [0.717, 1.165) is 18.7 Å². The summed E-state index contributed by atoms with van der Waals surface area (Å²) in [6.45, 7) is 0.678. The van der Waals surface area contributed by atoms with Crippen molar-refractivity contribution in [3.63, 3.8) is 0 Å². The van der Waals surface area contributed by atoms with Gasteiger partial charge in [0.05, 0.1) is 5.54 Å². The number of nitrogens with zero attached hydrogens (tertiary/aromatic N) is 1. The van der Waals surface area contributed by atoms with Crippen molar-refractivity contribution >= 4 is 16.6 Å². The van der Waals surface area contributed by atoms with Crippen LogP contribution in [0.3, 0.4) is 0 Å². The van der Waals surface area contributed by atoms with Crippen molar-refractivity contribution < 1.29 is 0 Å². The summed E-state index contributed by atoms with van der Waals surface area (Å²) < 4.78 is 0. The first-order valence-corrected chi connectivity index (χ1v) is 6.65. The van der Waals surface area contributed by atoms with E-state index >= 15 is 0 Å². The topological polar surface area (TPSA) is 50.9 Å². The van der Waals surface area contributed by atoms with E-state index in [9.17, 15) is 0 Å². The van der Waals surface area contributed by atoms with Gasteiger partial charge < -0.3 is 11.1 Å². The van der Waals surface area contributed by atoms with Gasteiger partial charge in [-0.3, -0.25) is 0 Å². The molecule has 1 aliphatic carbocycles. The van der Waals surface area contributed by atoms with E-state index in [1.165, 1.54) is 23.6 Å². The average molecular weight is 241 g/mol. The molecule has 18 heavy (non-hydrogen) atoms. The van der Waals surface area contributed by atoms with Crippen molar-refractivity contribution in [2.24, 2.45) is 5.73 Å². The number of benzene rings is 1. The lowest BCUT2D eigenvalue weighted by Crippen LogP contribution is -2.43. The normalized spacial score (nSPS) is 18.1. The second-order valence-corrected chi connectivity index (χ2v) is 5.20. The summed E-state index contributed by atoms with van der Waals surface area (Å²) in [5.41, 5.74) is 6.02. The minimum absolute atomic E-state index is 0.0527. The molecule has 0 unspecified atom stereocenters. The lowest BCUT2D eigenvalue weighted by molar-refractivity contribution is 0.492. The van der Waals surface area contributed by atoms with Crippen molar-refractivity contribution in [1.29, 1.82) is 0 Å². The van der Waals surface area contributed by atoms with Crippen LogP contribution in [0.2, 0.25) is 0 Å². The maximum absolute atomic E-state index is 5.97. The van der Waals surface area contributed by atoms with Crippen LogP contribution in [0.1, 0.15) is 25.7 Å². The molecule has 94 valence electrons. The first kappa shape index (κ1) is 11.5. The number of hydrogen-bond donors (Lipinski definition) is 2. The molecule has 3 rings (SSSR count). The van der Waals surface area contributed by atoms with Crippen molar-refractivity contribution in [2.75, 3.05) is 11.9 Å². The summed E-state index contributed by atoms with van der Waals surface area (Å²) in [5, 5.41) is 6.01. The highest BCUT2D eigenvalue weighted by Crippen LogP contribution is 2.33. The molecule has 0 amide bonds. The Morgan fingerprint density at radius 3 is 2.72 bits per heavy atom. The molecule has 1 aromatic carbocycles. The Balaban J connectivity index is 1.99. The molecule has 2 aromatic rings. The van der Waals surface area contributed by atoms with E-state index in [2.05, 4.69) is 34.6 Å². The number of anilines is 1. The van der Waals surface area contributed by atoms with Crippen LogP contribution in [0.5, 0.6) is 0 Å². The maximum atomic E-state index is 5.97. The second kappa shape index (κ2) is 4.58. The Labute approximate surface area is 107 Å². The number of pyridine rings is 1. The van der Waals surface area contributed by atoms with Crippen molar-refractivity contribution in [2.45, 2.75) is 31.2 Å². The van der Waals surface area contributed by atoms with Gasteiger partial charge in [0.1, 0.15) is 5.82 Å². The van der Waals surface area contributed by atoms with E-state index in [1.807, 2.05) is 12.3 Å². The van der Waals surface area contributed by atoms with E-state index in [1.54, 1.807) is 0 Å². The van der Waals surface area contributed by atoms with Crippen LogP contribution in [-0.4, -0.2) is 17.1 Å². The zero-order chi connectivity index (χ0) is 12.4. The molecule has 3 nitrogen and oxygen atoms in total. The monoisotopic (exact) mass is 241 g/mol. The fourth-order valence-corrected chi connectivity index (χ4v) is 2.90. The van der Waals surface area contributed by atoms with Gasteiger partial charge in [-0.25, -0.2) is 4.98 Å². The number of nitrogens with two attached hydrogens (primary N) is 1. The largest absolute Gasteiger partial charge is 0.363 e. The predicted octanol–water partition coefficient (Wildman–Crippen LogP) is 2.92. The van der Waals surface area contributed by atoms with Crippen molar-refractivity contribution in [3.05, 3.63) is 36.5 Å². The first-order chi connectivity index (χ1) is 8.83. The highest BCUT2D eigenvalue weighted by Gasteiger charge is 2.32. The summed E-state index contributed by atoms with van der Waals surface area (Å²) in [4.78, 5) is 4.50. The molecule has 3 N–H and O–H groups in total. The van der Waals surface area contributed by atoms with Crippen LogP contribution >= 0.6 is 0 Å². The lowest BCUT2D eigenvalue weighted by atomic mass is 9.97. The molecule has 0 aliphatic heterocycles. The number of nitrogens with one attached hydrogen (secondary N) is 1. The molecule has 0 bridgehead atoms. The minimum Gasteiger partial charge on any atom is -0.363 e. The molecule has 0 radical (unpaired) electrons. The molecular formula is C15H19N3. The molecule has 0 spiro atoms. The third kappa shape index (κ3) is 1.95. The van der Waals surface area contributed by atoms with Gasteiger partial charge >= 0.3 is 0 Å². The Morgan fingerprint density at radius 2 is 1.94 bits per heavy atom. The Morgan fingerprint density at radius 1 is 1.17 bits per heavy atom. The van der Waals surface area contributed by atoms with Crippen LogP contribution in [0, 0.1) is 0 Å². The van der Waals surface area contributed by atoms with Crippen molar-refractivity contribution in [3.8, 4) is 0 Å². The summed E-state index contributed by atoms with van der Waals surface area (Å²) in [5.74, 6) is 0.973. The molecular weight excluding hydrogens is 222 g/mol. The SMILES string of the molecule is NCC1(Nc2nccc3ccccc23)CCCC1. The standard InChI is InChI=1S/C15H19N3/c16-11-15(8-3-4-9-15)18-14-13-6-2-1-5-12(13)7-10-17-14/h1-2,5-7,10H,3-4,8-9,11,16H2,(H,17,18). The van der Waals surface area contributed by atoms with Gasteiger partial charge in [-0.2, -0.15) is 0 Å². The Hall–Kier alpha value is -1.61. The molecule has 1 aliphatic rings. The third-order valence-corrected chi connectivity index (χ3v) is 4.01. The fourth-order valence-electron chi connectivity index (χ4n) is 2.90. The summed E-state index contributed by atoms with van der Waals surface area (Å²) >= 11 is 0. The van der Waals surface area contributed by atoms with Crippen LogP contribution in [0.4, 0.5) is 5.82 Å². The highest BCUT2D eigenvalue weighted by atomic mass is 15.1. The van der Waals surface area contributed by atoms with E-state index < -0.39 is 0 Å². The van der Waals surface area contributed by atoms with E-state index in [-0.39, 0.29) is 5.54 Å². The molecule has 3 heteroatoms. The zero-order valence-corrected chi connectivity index (χ0v) is 10.5. The van der Waals surface area contributed by atoms with Gasteiger partial charge in [0, 0.05) is 18.1 Å². The lowest BCUT2D eigenvalue weighted by Gasteiger charge is -2.29. The second-order valence-electron chi connectivity index (χ2n) is 5.20. The van der Waals surface area contributed by atoms with Crippen LogP contribution in [-0.2, 0) is 0 Å². The number of rotatable bonds is 3. The Kier molecular flexibility index (Phi) is 2.92. The summed E-state index contributed by atoms with van der Waals surface area (Å²) in [7, 11) is 0. The van der Waals surface area contributed by atoms with Gasteiger partial charge in [-0.05, 0) is 24.3 Å². The molecule has 0 saturated heterocycles. The molecule has 1 aromatic heterocycles. The predicted molar refractivity (Wildman–Crippen MR) is 75.6 cm³/mol. The smallest absolute Gasteiger partial charge is 0.134 e. The quantitative estimate of drug-likeness (QED) is 0.868. The van der Waals surface area contributed by atoms with Crippen LogP contribution in [0.15, 0.2) is 36.5 Å². The third-order valence-electron chi connectivity index (χ3n) is 4.01. The van der Waals surface area contributed by atoms with Gasteiger partial charge in [-0.1, -0.05) is 37.1 Å². The van der Waals surface area contributed by atoms with Gasteiger partial charge in [0.15, 0.2) is 0 Å². The molecule has 1 heterocycles. The van der Waals surface area contributed by atoms with E-state index in [4.69, 9.17) is 5.73 Å². The Bertz CT molecular complexity index is 539. The van der Waals surface area contributed by atoms with Gasteiger partial charge in [0.25, 0.3) is 0 Å². The number of hydrogen-bond acceptors (Lipinski definition) is 3. The summed E-state index contributed by atoms with van der Waals surface area (Å²) in [6, 6.07) is 10.4. The zero-order valence-electron chi connectivity index (χ0n) is 10.5. The molecule has 0 atom stereocenters. The van der Waals surface area contributed by atoms with Gasteiger partial charge in [0.2, 0.25) is 0 Å². The molecule has 1 fully saturated rings. The average Bonchev–Trinajstić information content (AvgIpc) is 2.88. The van der Waals surface area contributed by atoms with Crippen LogP contribution in [0.25, 0.3) is 10.8 Å². The first-order valence-electron chi connectivity index (χ1n) is 6.65. The molecule has 1 saturated carbocycles. The fraction of sp³-hybridized carbons (Fsp3) is 0.400. The minimum atomic E-state index is 0.0527.